The number of rotatable bonds is 6. The number of nitrogens with zero attached hydrogens (tertiary/aromatic N) is 1. The van der Waals surface area contributed by atoms with Gasteiger partial charge in [-0.2, -0.15) is 0 Å². The summed E-state index contributed by atoms with van der Waals surface area (Å²) in [5.41, 5.74) is 13.0. The number of hydrogen-bond donors (Lipinski definition) is 0. The average molecular weight is 612 g/mol. The molecule has 1 nitrogen and oxygen atoms in total. The smallest absolute Gasteiger partial charge is 0.0714 e. The van der Waals surface area contributed by atoms with Crippen molar-refractivity contribution in [2.45, 2.75) is 5.41 Å². The summed E-state index contributed by atoms with van der Waals surface area (Å²) in [5, 5.41) is 2.54. The predicted molar refractivity (Wildman–Crippen MR) is 201 cm³/mol. The second-order valence-corrected chi connectivity index (χ2v) is 12.5. The monoisotopic (exact) mass is 611 g/mol. The third-order valence-corrected chi connectivity index (χ3v) is 9.93. The van der Waals surface area contributed by atoms with Crippen LogP contribution in [-0.4, -0.2) is 0 Å². The molecule has 0 spiro atoms. The third kappa shape index (κ3) is 4.32. The lowest BCUT2D eigenvalue weighted by Gasteiger charge is -2.35. The molecule has 1 heteroatoms. The van der Waals surface area contributed by atoms with E-state index in [1.165, 1.54) is 55.3 Å². The molecule has 0 atom stereocenters. The Labute approximate surface area is 282 Å². The summed E-state index contributed by atoms with van der Waals surface area (Å²) >= 11 is 0. The van der Waals surface area contributed by atoms with Crippen LogP contribution in [0.4, 0.5) is 17.1 Å². The molecule has 0 saturated carbocycles. The highest BCUT2D eigenvalue weighted by atomic mass is 15.1. The van der Waals surface area contributed by atoms with E-state index in [0.29, 0.717) is 0 Å². The van der Waals surface area contributed by atoms with Gasteiger partial charge in [0.05, 0.1) is 11.1 Å². The van der Waals surface area contributed by atoms with Crippen LogP contribution in [0.2, 0.25) is 0 Å². The summed E-state index contributed by atoms with van der Waals surface area (Å²) in [5.74, 6) is 0. The van der Waals surface area contributed by atoms with Gasteiger partial charge in [-0.05, 0) is 80.0 Å². The number of hydrogen-bond acceptors (Lipinski definition) is 1. The van der Waals surface area contributed by atoms with Crippen LogP contribution in [0.15, 0.2) is 200 Å². The molecule has 1 aliphatic carbocycles. The summed E-state index contributed by atoms with van der Waals surface area (Å²) < 4.78 is 0. The average Bonchev–Trinajstić information content (AvgIpc) is 3.47. The topological polar surface area (TPSA) is 3.24 Å². The van der Waals surface area contributed by atoms with Gasteiger partial charge in [0.25, 0.3) is 0 Å². The molecule has 0 unspecified atom stereocenters. The van der Waals surface area contributed by atoms with Gasteiger partial charge < -0.3 is 4.90 Å². The Morgan fingerprint density at radius 2 is 0.958 bits per heavy atom. The summed E-state index contributed by atoms with van der Waals surface area (Å²) in [6.07, 6.45) is 0. The van der Waals surface area contributed by atoms with E-state index in [1.54, 1.807) is 0 Å². The molecule has 226 valence electrons. The first-order valence-corrected chi connectivity index (χ1v) is 16.6. The lowest BCUT2D eigenvalue weighted by Crippen LogP contribution is -2.28. The molecular formula is C47H33N. The standard InChI is InChI=1S/C47H33N/c1-5-17-34(18-6-1)40-26-15-16-28-45(40)48(38-24-11-4-12-25-38)39-30-31-42-44(33-39)47(36-20-7-2-8-21-36,37-22-9-3-10-23-37)43-32-29-35-19-13-14-27-41(35)46(42)43/h1-33H. The molecule has 8 aromatic carbocycles. The number of benzene rings is 8. The van der Waals surface area contributed by atoms with Crippen LogP contribution in [0, 0.1) is 0 Å². The van der Waals surface area contributed by atoms with Gasteiger partial charge in [-0.3, -0.25) is 0 Å². The fraction of sp³-hybridized carbons (Fsp3) is 0.0213. The Bertz CT molecular complexity index is 2340. The molecule has 48 heavy (non-hydrogen) atoms. The van der Waals surface area contributed by atoms with Crippen molar-refractivity contribution in [2.24, 2.45) is 0 Å². The van der Waals surface area contributed by atoms with Gasteiger partial charge in [0.15, 0.2) is 0 Å². The highest BCUT2D eigenvalue weighted by molar-refractivity contribution is 6.04. The zero-order valence-electron chi connectivity index (χ0n) is 26.5. The maximum absolute atomic E-state index is 2.46. The van der Waals surface area contributed by atoms with Crippen molar-refractivity contribution in [3.8, 4) is 22.3 Å². The molecule has 0 saturated heterocycles. The van der Waals surface area contributed by atoms with Gasteiger partial charge in [0.2, 0.25) is 0 Å². The zero-order chi connectivity index (χ0) is 31.9. The van der Waals surface area contributed by atoms with Crippen molar-refractivity contribution in [2.75, 3.05) is 4.90 Å². The minimum atomic E-state index is -0.505. The number of para-hydroxylation sites is 2. The molecule has 0 heterocycles. The van der Waals surface area contributed by atoms with Crippen LogP contribution in [0.5, 0.6) is 0 Å². The Kier molecular flexibility index (Phi) is 6.76. The second kappa shape index (κ2) is 11.6. The molecule has 9 rings (SSSR count). The van der Waals surface area contributed by atoms with E-state index in [4.69, 9.17) is 0 Å². The minimum absolute atomic E-state index is 0.505. The molecule has 0 aromatic heterocycles. The maximum atomic E-state index is 2.46. The van der Waals surface area contributed by atoms with Crippen LogP contribution in [0.1, 0.15) is 22.3 Å². The second-order valence-electron chi connectivity index (χ2n) is 12.5. The van der Waals surface area contributed by atoms with Crippen LogP contribution >= 0.6 is 0 Å². The van der Waals surface area contributed by atoms with Crippen molar-refractivity contribution in [1.29, 1.82) is 0 Å². The Balaban J connectivity index is 1.38. The van der Waals surface area contributed by atoms with Gasteiger partial charge in [-0.1, -0.05) is 170 Å². The molecular weight excluding hydrogens is 579 g/mol. The highest BCUT2D eigenvalue weighted by Gasteiger charge is 2.47. The van der Waals surface area contributed by atoms with E-state index >= 15 is 0 Å². The van der Waals surface area contributed by atoms with Gasteiger partial charge in [0, 0.05) is 16.9 Å². The first-order valence-electron chi connectivity index (χ1n) is 16.6. The Morgan fingerprint density at radius 1 is 0.375 bits per heavy atom. The largest absolute Gasteiger partial charge is 0.310 e. The van der Waals surface area contributed by atoms with Crippen LogP contribution in [-0.2, 0) is 5.41 Å². The Morgan fingerprint density at radius 3 is 1.67 bits per heavy atom. The molecule has 0 fully saturated rings. The molecule has 0 bridgehead atoms. The quantitative estimate of drug-likeness (QED) is 0.181. The van der Waals surface area contributed by atoms with E-state index in [2.05, 4.69) is 205 Å². The van der Waals surface area contributed by atoms with Gasteiger partial charge in [-0.25, -0.2) is 0 Å². The van der Waals surface area contributed by atoms with Crippen molar-refractivity contribution >= 4 is 27.8 Å². The fourth-order valence-corrected chi connectivity index (χ4v) is 7.92. The van der Waals surface area contributed by atoms with Gasteiger partial charge in [0.1, 0.15) is 0 Å². The van der Waals surface area contributed by atoms with Gasteiger partial charge in [-0.15, -0.1) is 0 Å². The molecule has 0 aliphatic heterocycles. The minimum Gasteiger partial charge on any atom is -0.310 e. The first-order chi connectivity index (χ1) is 23.8. The summed E-state index contributed by atoms with van der Waals surface area (Å²) in [4.78, 5) is 2.42. The molecule has 8 aromatic rings. The first kappa shape index (κ1) is 28.1. The summed E-state index contributed by atoms with van der Waals surface area (Å²) in [7, 11) is 0. The number of fused-ring (bicyclic) bond motifs is 5. The van der Waals surface area contributed by atoms with E-state index in [0.717, 1.165) is 17.1 Å². The normalized spacial score (nSPS) is 12.8. The van der Waals surface area contributed by atoms with E-state index in [9.17, 15) is 0 Å². The van der Waals surface area contributed by atoms with E-state index < -0.39 is 5.41 Å². The summed E-state index contributed by atoms with van der Waals surface area (Å²) in [6.45, 7) is 0. The Hall–Kier alpha value is -6.18. The molecule has 0 amide bonds. The molecule has 1 aliphatic rings. The summed E-state index contributed by atoms with van der Waals surface area (Å²) in [6, 6.07) is 73.0. The van der Waals surface area contributed by atoms with Crippen LogP contribution < -0.4 is 4.90 Å². The number of anilines is 3. The van der Waals surface area contributed by atoms with Crippen LogP contribution in [0.3, 0.4) is 0 Å². The van der Waals surface area contributed by atoms with Crippen molar-refractivity contribution in [3.05, 3.63) is 222 Å². The van der Waals surface area contributed by atoms with Crippen molar-refractivity contribution < 1.29 is 0 Å². The lowest BCUT2D eigenvalue weighted by molar-refractivity contribution is 0.769. The zero-order valence-corrected chi connectivity index (χ0v) is 26.5. The van der Waals surface area contributed by atoms with E-state index in [-0.39, 0.29) is 0 Å². The maximum Gasteiger partial charge on any atom is 0.0714 e. The van der Waals surface area contributed by atoms with Gasteiger partial charge >= 0.3 is 0 Å². The van der Waals surface area contributed by atoms with Crippen LogP contribution in [0.25, 0.3) is 33.0 Å². The fourth-order valence-electron chi connectivity index (χ4n) is 7.92. The lowest BCUT2D eigenvalue weighted by atomic mass is 9.67. The molecule has 0 N–H and O–H groups in total. The molecule has 0 radical (unpaired) electrons. The predicted octanol–water partition coefficient (Wildman–Crippen LogP) is 12.3. The third-order valence-electron chi connectivity index (χ3n) is 9.93. The van der Waals surface area contributed by atoms with E-state index in [1.807, 2.05) is 0 Å². The SMILES string of the molecule is c1ccc(-c2ccccc2N(c2ccccc2)c2ccc3c(c2)C(c2ccccc2)(c2ccccc2)c2ccc4ccccc4c2-3)cc1. The van der Waals surface area contributed by atoms with Crippen molar-refractivity contribution in [1.82, 2.24) is 0 Å². The van der Waals surface area contributed by atoms with Crippen molar-refractivity contribution in [3.63, 3.8) is 0 Å². The highest BCUT2D eigenvalue weighted by Crippen LogP contribution is 2.59.